The van der Waals surface area contributed by atoms with Crippen LogP contribution in [-0.4, -0.2) is 18.2 Å². The van der Waals surface area contributed by atoms with E-state index in [-0.39, 0.29) is 6.61 Å². The SMILES string of the molecule is C=C(O)C(=O)OCc1cccc(OC)c1. The Bertz CT molecular complexity index is 371. The topological polar surface area (TPSA) is 55.8 Å². The molecule has 0 unspecified atom stereocenters. The standard InChI is InChI=1S/C11H12O4/c1-8(12)11(13)15-7-9-4-3-5-10(6-9)14-2/h3-6,12H,1,7H2,2H3. The largest absolute Gasteiger partial charge is 0.502 e. The lowest BCUT2D eigenvalue weighted by Crippen LogP contribution is -2.06. The predicted molar refractivity (Wildman–Crippen MR) is 54.6 cm³/mol. The Kier molecular flexibility index (Phi) is 3.74. The van der Waals surface area contributed by atoms with Gasteiger partial charge in [0.05, 0.1) is 7.11 Å². The molecular formula is C11H12O4. The second-order valence-electron chi connectivity index (χ2n) is 2.87. The van der Waals surface area contributed by atoms with Crippen LogP contribution >= 0.6 is 0 Å². The third kappa shape index (κ3) is 3.34. The first-order chi connectivity index (χ1) is 7.13. The van der Waals surface area contributed by atoms with E-state index in [0.717, 1.165) is 5.56 Å². The number of hydrogen-bond donors (Lipinski definition) is 1. The van der Waals surface area contributed by atoms with Gasteiger partial charge in [-0.1, -0.05) is 12.1 Å². The van der Waals surface area contributed by atoms with Gasteiger partial charge >= 0.3 is 5.97 Å². The van der Waals surface area contributed by atoms with Crippen LogP contribution in [0.25, 0.3) is 0 Å². The first-order valence-corrected chi connectivity index (χ1v) is 4.31. The normalized spacial score (nSPS) is 9.40. The molecule has 0 saturated carbocycles. The lowest BCUT2D eigenvalue weighted by Gasteiger charge is -2.05. The van der Waals surface area contributed by atoms with Gasteiger partial charge in [-0.15, -0.1) is 0 Å². The number of rotatable bonds is 4. The summed E-state index contributed by atoms with van der Waals surface area (Å²) < 4.78 is 9.75. The van der Waals surface area contributed by atoms with Crippen molar-refractivity contribution in [1.82, 2.24) is 0 Å². The first-order valence-electron chi connectivity index (χ1n) is 4.31. The maximum atomic E-state index is 10.9. The van der Waals surface area contributed by atoms with Crippen LogP contribution in [0.1, 0.15) is 5.56 Å². The molecule has 0 spiro atoms. The Labute approximate surface area is 87.7 Å². The number of hydrogen-bond acceptors (Lipinski definition) is 4. The molecule has 0 amide bonds. The molecule has 15 heavy (non-hydrogen) atoms. The summed E-state index contributed by atoms with van der Waals surface area (Å²) in [4.78, 5) is 10.9. The second kappa shape index (κ2) is 5.05. The van der Waals surface area contributed by atoms with E-state index in [1.807, 2.05) is 0 Å². The van der Waals surface area contributed by atoms with Crippen LogP contribution in [0.5, 0.6) is 5.75 Å². The zero-order chi connectivity index (χ0) is 11.3. The second-order valence-corrected chi connectivity index (χ2v) is 2.87. The number of methoxy groups -OCH3 is 1. The zero-order valence-electron chi connectivity index (χ0n) is 8.40. The Balaban J connectivity index is 2.57. The van der Waals surface area contributed by atoms with Crippen molar-refractivity contribution in [3.8, 4) is 5.75 Å². The van der Waals surface area contributed by atoms with Crippen LogP contribution in [0.3, 0.4) is 0 Å². The van der Waals surface area contributed by atoms with Gasteiger partial charge in [0.1, 0.15) is 12.4 Å². The van der Waals surface area contributed by atoms with Gasteiger partial charge in [0.15, 0.2) is 5.76 Å². The summed E-state index contributed by atoms with van der Waals surface area (Å²) in [6, 6.07) is 7.11. The zero-order valence-corrected chi connectivity index (χ0v) is 8.40. The third-order valence-electron chi connectivity index (χ3n) is 1.74. The fourth-order valence-electron chi connectivity index (χ4n) is 0.994. The number of aliphatic hydroxyl groups is 1. The first kappa shape index (κ1) is 11.1. The molecule has 80 valence electrons. The molecule has 4 heteroatoms. The highest BCUT2D eigenvalue weighted by atomic mass is 16.5. The predicted octanol–water partition coefficient (Wildman–Crippen LogP) is 1.81. The van der Waals surface area contributed by atoms with E-state index in [1.54, 1.807) is 31.4 Å². The Hall–Kier alpha value is -1.97. The molecule has 0 bridgehead atoms. The molecule has 1 rings (SSSR count). The maximum Gasteiger partial charge on any atom is 0.373 e. The molecule has 0 radical (unpaired) electrons. The van der Waals surface area contributed by atoms with E-state index in [1.165, 1.54) is 0 Å². The van der Waals surface area contributed by atoms with Gasteiger partial charge in [-0.2, -0.15) is 0 Å². The molecule has 1 aromatic rings. The molecule has 1 aromatic carbocycles. The van der Waals surface area contributed by atoms with Gasteiger partial charge in [0.2, 0.25) is 0 Å². The maximum absolute atomic E-state index is 10.9. The van der Waals surface area contributed by atoms with Crippen molar-refractivity contribution in [2.75, 3.05) is 7.11 Å². The highest BCUT2D eigenvalue weighted by Gasteiger charge is 2.06. The number of benzene rings is 1. The van der Waals surface area contributed by atoms with E-state index in [0.29, 0.717) is 5.75 Å². The summed E-state index contributed by atoms with van der Waals surface area (Å²) in [5.41, 5.74) is 0.781. The molecule has 0 aliphatic rings. The molecule has 0 atom stereocenters. The Morgan fingerprint density at radius 3 is 2.87 bits per heavy atom. The van der Waals surface area contributed by atoms with Crippen molar-refractivity contribution in [3.05, 3.63) is 42.2 Å². The molecule has 0 aromatic heterocycles. The minimum absolute atomic E-state index is 0.0790. The van der Waals surface area contributed by atoms with Gasteiger partial charge in [-0.05, 0) is 24.3 Å². The van der Waals surface area contributed by atoms with Gasteiger partial charge in [-0.3, -0.25) is 0 Å². The number of aliphatic hydroxyl groups excluding tert-OH is 1. The summed E-state index contributed by atoms with van der Waals surface area (Å²) in [6.07, 6.45) is 0. The molecule has 1 N–H and O–H groups in total. The summed E-state index contributed by atoms with van der Waals surface area (Å²) >= 11 is 0. The van der Waals surface area contributed by atoms with Gasteiger partial charge < -0.3 is 14.6 Å². The fourth-order valence-corrected chi connectivity index (χ4v) is 0.994. The smallest absolute Gasteiger partial charge is 0.373 e. The van der Waals surface area contributed by atoms with Crippen molar-refractivity contribution in [2.24, 2.45) is 0 Å². The van der Waals surface area contributed by atoms with E-state index in [2.05, 4.69) is 6.58 Å². The third-order valence-corrected chi connectivity index (χ3v) is 1.74. The van der Waals surface area contributed by atoms with Crippen LogP contribution in [-0.2, 0) is 16.1 Å². The minimum Gasteiger partial charge on any atom is -0.502 e. The molecule has 0 saturated heterocycles. The molecule has 0 heterocycles. The summed E-state index contributed by atoms with van der Waals surface area (Å²) in [5.74, 6) is -0.734. The van der Waals surface area contributed by atoms with Gasteiger partial charge in [0.25, 0.3) is 0 Å². The monoisotopic (exact) mass is 208 g/mol. The number of ether oxygens (including phenoxy) is 2. The molecular weight excluding hydrogens is 196 g/mol. The Morgan fingerprint density at radius 2 is 2.27 bits per heavy atom. The van der Waals surface area contributed by atoms with Crippen LogP contribution < -0.4 is 4.74 Å². The lowest BCUT2D eigenvalue weighted by atomic mass is 10.2. The van der Waals surface area contributed by atoms with Crippen molar-refractivity contribution in [3.63, 3.8) is 0 Å². The summed E-state index contributed by atoms with van der Waals surface area (Å²) in [7, 11) is 1.56. The molecule has 0 aliphatic carbocycles. The van der Waals surface area contributed by atoms with Gasteiger partial charge in [0, 0.05) is 0 Å². The van der Waals surface area contributed by atoms with Crippen LogP contribution in [0.15, 0.2) is 36.6 Å². The highest BCUT2D eigenvalue weighted by Crippen LogP contribution is 2.13. The summed E-state index contributed by atoms with van der Waals surface area (Å²) in [5, 5.41) is 8.71. The van der Waals surface area contributed by atoms with Crippen LogP contribution in [0, 0.1) is 0 Å². The van der Waals surface area contributed by atoms with Crippen molar-refractivity contribution >= 4 is 5.97 Å². The average molecular weight is 208 g/mol. The van der Waals surface area contributed by atoms with Crippen molar-refractivity contribution in [2.45, 2.75) is 6.61 Å². The minimum atomic E-state index is -0.821. The quantitative estimate of drug-likeness (QED) is 0.465. The number of esters is 1. The molecule has 0 fully saturated rings. The van der Waals surface area contributed by atoms with Gasteiger partial charge in [-0.25, -0.2) is 4.79 Å². The highest BCUT2D eigenvalue weighted by molar-refractivity contribution is 5.84. The van der Waals surface area contributed by atoms with E-state index in [9.17, 15) is 4.79 Å². The van der Waals surface area contributed by atoms with Crippen LogP contribution in [0.4, 0.5) is 0 Å². The van der Waals surface area contributed by atoms with Crippen molar-refractivity contribution < 1.29 is 19.4 Å². The Morgan fingerprint density at radius 1 is 1.53 bits per heavy atom. The number of carbonyl (C=O) groups is 1. The molecule has 0 aliphatic heterocycles. The van der Waals surface area contributed by atoms with E-state index >= 15 is 0 Å². The van der Waals surface area contributed by atoms with Crippen molar-refractivity contribution in [1.29, 1.82) is 0 Å². The average Bonchev–Trinajstić information content (AvgIpc) is 2.26. The van der Waals surface area contributed by atoms with E-state index < -0.39 is 11.7 Å². The number of carbonyl (C=O) groups excluding carboxylic acids is 1. The fraction of sp³-hybridized carbons (Fsp3) is 0.182. The molecule has 4 nitrogen and oxygen atoms in total. The van der Waals surface area contributed by atoms with Crippen LogP contribution in [0.2, 0.25) is 0 Å². The lowest BCUT2D eigenvalue weighted by molar-refractivity contribution is -0.143. The summed E-state index contributed by atoms with van der Waals surface area (Å²) in [6.45, 7) is 3.14. The van der Waals surface area contributed by atoms with E-state index in [4.69, 9.17) is 14.6 Å².